The molecular weight excluding hydrogens is 255 g/mol. The summed E-state index contributed by atoms with van der Waals surface area (Å²) in [5.74, 6) is 0. The third-order valence-corrected chi connectivity index (χ3v) is 19.2. The second kappa shape index (κ2) is 4.29. The molecule has 0 aromatic heterocycles. The van der Waals surface area contributed by atoms with Crippen LogP contribution in [0.25, 0.3) is 0 Å². The second-order valence-corrected chi connectivity index (χ2v) is 16.8. The molecule has 0 saturated carbocycles. The van der Waals surface area contributed by atoms with Crippen LogP contribution in [0, 0.1) is 0 Å². The SMILES string of the molecule is CC[N]1C[N](CC)[Sn]1([CH2]C)[CH2]C. The average molecular weight is 277 g/mol. The van der Waals surface area contributed by atoms with Crippen molar-refractivity contribution in [2.45, 2.75) is 36.6 Å². The molecule has 0 N–H and O–H groups in total. The zero-order valence-electron chi connectivity index (χ0n) is 8.93. The molecule has 0 radical (unpaired) electrons. The summed E-state index contributed by atoms with van der Waals surface area (Å²) in [6, 6.07) is 0. The van der Waals surface area contributed by atoms with Crippen LogP contribution in [0.3, 0.4) is 0 Å². The number of rotatable bonds is 4. The molecule has 0 spiro atoms. The van der Waals surface area contributed by atoms with Gasteiger partial charge in [-0.25, -0.2) is 0 Å². The summed E-state index contributed by atoms with van der Waals surface area (Å²) in [4.78, 5) is 0. The van der Waals surface area contributed by atoms with Gasteiger partial charge in [0, 0.05) is 0 Å². The molecule has 1 saturated heterocycles. The third-order valence-electron chi connectivity index (χ3n) is 3.41. The van der Waals surface area contributed by atoms with Crippen LogP contribution in [0.15, 0.2) is 0 Å². The van der Waals surface area contributed by atoms with E-state index in [4.69, 9.17) is 0 Å². The van der Waals surface area contributed by atoms with Gasteiger partial charge in [0.05, 0.1) is 0 Å². The van der Waals surface area contributed by atoms with Crippen molar-refractivity contribution < 1.29 is 0 Å². The van der Waals surface area contributed by atoms with Crippen molar-refractivity contribution in [3.63, 3.8) is 0 Å². The molecule has 2 nitrogen and oxygen atoms in total. The molecule has 0 atom stereocenters. The molecule has 0 bridgehead atoms. The monoisotopic (exact) mass is 278 g/mol. The third kappa shape index (κ3) is 1.42. The maximum atomic E-state index is 2.79. The topological polar surface area (TPSA) is 6.48 Å². The van der Waals surface area contributed by atoms with E-state index in [1.165, 1.54) is 28.6 Å². The summed E-state index contributed by atoms with van der Waals surface area (Å²) in [6.45, 7) is 13.2. The molecule has 1 aliphatic heterocycles. The van der Waals surface area contributed by atoms with E-state index in [1.54, 1.807) is 0 Å². The Morgan fingerprint density at radius 3 is 1.58 bits per heavy atom. The zero-order valence-corrected chi connectivity index (χ0v) is 11.8. The van der Waals surface area contributed by atoms with E-state index < -0.39 is 18.9 Å². The van der Waals surface area contributed by atoms with Crippen LogP contribution in [0.5, 0.6) is 0 Å². The summed E-state index contributed by atoms with van der Waals surface area (Å²) in [5, 5.41) is 0. The van der Waals surface area contributed by atoms with E-state index in [0.29, 0.717) is 0 Å². The van der Waals surface area contributed by atoms with Gasteiger partial charge in [0.25, 0.3) is 0 Å². The molecule has 0 aromatic carbocycles. The summed E-state index contributed by atoms with van der Waals surface area (Å²) < 4.78 is 8.51. The Labute approximate surface area is 81.5 Å². The fourth-order valence-electron chi connectivity index (χ4n) is 2.52. The van der Waals surface area contributed by atoms with E-state index in [2.05, 4.69) is 33.9 Å². The summed E-state index contributed by atoms with van der Waals surface area (Å²) >= 11 is -1.85. The Hall–Kier alpha value is 0.719. The first-order valence-electron chi connectivity index (χ1n) is 5.25. The molecule has 1 rings (SSSR count). The minimum absolute atomic E-state index is 1.27. The first-order valence-corrected chi connectivity index (χ1v) is 11.8. The van der Waals surface area contributed by atoms with Crippen molar-refractivity contribution >= 4 is 18.9 Å². The van der Waals surface area contributed by atoms with Crippen LogP contribution in [0.1, 0.15) is 27.7 Å². The summed E-state index contributed by atoms with van der Waals surface area (Å²) in [5.41, 5.74) is 0. The fourth-order valence-corrected chi connectivity index (χ4v) is 15.4. The van der Waals surface area contributed by atoms with Crippen molar-refractivity contribution in [1.29, 1.82) is 0 Å². The summed E-state index contributed by atoms with van der Waals surface area (Å²) in [7, 11) is 0. The van der Waals surface area contributed by atoms with Gasteiger partial charge in [-0.2, -0.15) is 0 Å². The van der Waals surface area contributed by atoms with Gasteiger partial charge in [-0.1, -0.05) is 0 Å². The molecule has 0 unspecified atom stereocenters. The number of hydrogen-bond donors (Lipinski definition) is 0. The molecule has 12 heavy (non-hydrogen) atoms. The Balaban J connectivity index is 2.65. The van der Waals surface area contributed by atoms with Gasteiger partial charge in [0.1, 0.15) is 0 Å². The standard InChI is InChI=1S/C5H12N2.2C2H5.Sn/c1-3-6-5-7-4-2;2*1-2;/h3-5H2,1-2H3;2*1H2,2H3;/q-2;;;+2. The number of hydrogen-bond acceptors (Lipinski definition) is 2. The van der Waals surface area contributed by atoms with Crippen LogP contribution >= 0.6 is 0 Å². The maximum absolute atomic E-state index is 2.79. The quantitative estimate of drug-likeness (QED) is 0.726. The van der Waals surface area contributed by atoms with E-state index in [0.717, 1.165) is 0 Å². The van der Waals surface area contributed by atoms with Gasteiger partial charge in [-0.3, -0.25) is 0 Å². The van der Waals surface area contributed by atoms with E-state index >= 15 is 0 Å². The molecule has 0 amide bonds. The van der Waals surface area contributed by atoms with Crippen LogP contribution < -0.4 is 0 Å². The Morgan fingerprint density at radius 1 is 0.917 bits per heavy atom. The van der Waals surface area contributed by atoms with Gasteiger partial charge in [-0.15, -0.1) is 0 Å². The number of nitrogens with zero attached hydrogens (tertiary/aromatic N) is 2. The van der Waals surface area contributed by atoms with Crippen molar-refractivity contribution in [2.24, 2.45) is 0 Å². The predicted octanol–water partition coefficient (Wildman–Crippen LogP) is 2.08. The van der Waals surface area contributed by atoms with Crippen LogP contribution in [0.4, 0.5) is 0 Å². The predicted molar refractivity (Wildman–Crippen MR) is 56.3 cm³/mol. The van der Waals surface area contributed by atoms with E-state index in [-0.39, 0.29) is 0 Å². The van der Waals surface area contributed by atoms with Gasteiger partial charge in [0.2, 0.25) is 0 Å². The van der Waals surface area contributed by atoms with Gasteiger partial charge in [-0.05, 0) is 0 Å². The van der Waals surface area contributed by atoms with Crippen molar-refractivity contribution in [2.75, 3.05) is 19.8 Å². The molecule has 1 fully saturated rings. The van der Waals surface area contributed by atoms with Gasteiger partial charge < -0.3 is 0 Å². The molecule has 72 valence electrons. The fraction of sp³-hybridized carbons (Fsp3) is 1.00. The Kier molecular flexibility index (Phi) is 3.86. The van der Waals surface area contributed by atoms with Crippen molar-refractivity contribution in [3.05, 3.63) is 0 Å². The molecule has 1 heterocycles. The normalized spacial score (nSPS) is 24.0. The minimum atomic E-state index is -1.85. The Morgan fingerprint density at radius 2 is 1.33 bits per heavy atom. The van der Waals surface area contributed by atoms with E-state index in [9.17, 15) is 0 Å². The average Bonchev–Trinajstić information content (AvgIpc) is 2.07. The van der Waals surface area contributed by atoms with Crippen LogP contribution in [0.2, 0.25) is 8.87 Å². The van der Waals surface area contributed by atoms with Gasteiger partial charge >= 0.3 is 81.5 Å². The van der Waals surface area contributed by atoms with Crippen molar-refractivity contribution in [3.8, 4) is 0 Å². The van der Waals surface area contributed by atoms with Crippen LogP contribution in [-0.2, 0) is 0 Å². The zero-order chi connectivity index (χ0) is 9.19. The molecule has 0 aliphatic carbocycles. The van der Waals surface area contributed by atoms with E-state index in [1.807, 2.05) is 0 Å². The van der Waals surface area contributed by atoms with Crippen LogP contribution in [-0.4, -0.2) is 44.9 Å². The Bertz CT molecular complexity index is 133. The first-order chi connectivity index (χ1) is 5.75. The van der Waals surface area contributed by atoms with Crippen molar-refractivity contribution in [1.82, 2.24) is 6.24 Å². The molecular formula is C9H22N2Sn. The molecule has 3 heteroatoms. The van der Waals surface area contributed by atoms with Gasteiger partial charge in [0.15, 0.2) is 0 Å². The summed E-state index contributed by atoms with van der Waals surface area (Å²) in [6.07, 6.45) is 0. The molecule has 1 aliphatic rings. The second-order valence-electron chi connectivity index (χ2n) is 3.54. The first kappa shape index (κ1) is 10.8. The molecule has 0 aromatic rings.